The second-order valence-electron chi connectivity index (χ2n) is 5.57. The number of hydrogen-bond acceptors (Lipinski definition) is 5. The number of likely N-dealkylation sites (N-methyl/N-ethyl adjacent to an activating group) is 1. The third-order valence-corrected chi connectivity index (χ3v) is 3.93. The Morgan fingerprint density at radius 3 is 2.57 bits per heavy atom. The van der Waals surface area contributed by atoms with Crippen LogP contribution in [0.1, 0.15) is 18.6 Å². The molecule has 1 N–H and O–H groups in total. The number of ether oxygens (including phenoxy) is 2. The molecule has 0 bridgehead atoms. The maximum Gasteiger partial charge on any atom is 0.128 e. The summed E-state index contributed by atoms with van der Waals surface area (Å²) in [4.78, 5) is 4.74. The molecular weight excluding hydrogens is 268 g/mol. The molecule has 1 aliphatic rings. The summed E-state index contributed by atoms with van der Waals surface area (Å²) in [5.74, 6) is 1.45. The van der Waals surface area contributed by atoms with Gasteiger partial charge in [0.2, 0.25) is 0 Å². The minimum atomic E-state index is -0.547. The van der Waals surface area contributed by atoms with Gasteiger partial charge in [0.1, 0.15) is 18.1 Å². The van der Waals surface area contributed by atoms with Gasteiger partial charge in [0.25, 0.3) is 0 Å². The van der Waals surface area contributed by atoms with Gasteiger partial charge in [0, 0.05) is 44.4 Å². The summed E-state index contributed by atoms with van der Waals surface area (Å²) in [7, 11) is 3.78. The molecule has 0 amide bonds. The van der Waals surface area contributed by atoms with Crippen molar-refractivity contribution in [2.24, 2.45) is 0 Å². The van der Waals surface area contributed by atoms with Crippen LogP contribution >= 0.6 is 0 Å². The van der Waals surface area contributed by atoms with Gasteiger partial charge in [-0.2, -0.15) is 0 Å². The van der Waals surface area contributed by atoms with E-state index in [-0.39, 0.29) is 0 Å². The largest absolute Gasteiger partial charge is 0.497 e. The lowest BCUT2D eigenvalue weighted by molar-refractivity contribution is 0.131. The molecule has 1 heterocycles. The van der Waals surface area contributed by atoms with Crippen molar-refractivity contribution in [2.75, 3.05) is 53.5 Å². The van der Waals surface area contributed by atoms with E-state index < -0.39 is 6.10 Å². The van der Waals surface area contributed by atoms with Gasteiger partial charge in [-0.15, -0.1) is 0 Å². The molecule has 1 aliphatic heterocycles. The predicted octanol–water partition coefficient (Wildman–Crippen LogP) is 1.37. The van der Waals surface area contributed by atoms with Crippen molar-refractivity contribution in [3.8, 4) is 11.5 Å². The van der Waals surface area contributed by atoms with Crippen LogP contribution in [0.25, 0.3) is 0 Å². The monoisotopic (exact) mass is 294 g/mol. The normalized spacial score (nSPS) is 18.5. The van der Waals surface area contributed by atoms with Crippen LogP contribution in [0.4, 0.5) is 0 Å². The van der Waals surface area contributed by atoms with E-state index in [1.165, 1.54) is 0 Å². The molecule has 21 heavy (non-hydrogen) atoms. The topological polar surface area (TPSA) is 45.2 Å². The van der Waals surface area contributed by atoms with Gasteiger partial charge in [-0.1, -0.05) is 0 Å². The van der Waals surface area contributed by atoms with Crippen molar-refractivity contribution in [2.45, 2.75) is 13.0 Å². The van der Waals surface area contributed by atoms with Crippen LogP contribution in [-0.4, -0.2) is 68.4 Å². The van der Waals surface area contributed by atoms with Crippen LogP contribution < -0.4 is 9.47 Å². The first-order chi connectivity index (χ1) is 10.1. The molecule has 0 aliphatic carbocycles. The summed E-state index contributed by atoms with van der Waals surface area (Å²) in [6, 6.07) is 5.54. The van der Waals surface area contributed by atoms with Gasteiger partial charge in [-0.3, -0.25) is 4.90 Å². The summed E-state index contributed by atoms with van der Waals surface area (Å²) >= 11 is 0. The standard InChI is InChI=1S/C16H26N2O3/c1-13(19)15-5-4-14(20-3)12-16(15)21-11-10-18-8-6-17(2)7-9-18/h4-5,12-13,19H,6-11H2,1-3H3. The smallest absolute Gasteiger partial charge is 0.128 e. The summed E-state index contributed by atoms with van der Waals surface area (Å²) < 4.78 is 11.1. The molecule has 1 aromatic rings. The SMILES string of the molecule is COc1ccc(C(C)O)c(OCCN2CCN(C)CC2)c1. The highest BCUT2D eigenvalue weighted by Crippen LogP contribution is 2.29. The number of hydrogen-bond donors (Lipinski definition) is 1. The Morgan fingerprint density at radius 1 is 1.24 bits per heavy atom. The Balaban J connectivity index is 1.89. The maximum atomic E-state index is 9.81. The van der Waals surface area contributed by atoms with Crippen LogP contribution in [0.5, 0.6) is 11.5 Å². The van der Waals surface area contributed by atoms with Gasteiger partial charge >= 0.3 is 0 Å². The van der Waals surface area contributed by atoms with Gasteiger partial charge in [-0.25, -0.2) is 0 Å². The third-order valence-electron chi connectivity index (χ3n) is 3.93. The van der Waals surface area contributed by atoms with E-state index in [1.807, 2.05) is 18.2 Å². The van der Waals surface area contributed by atoms with E-state index in [9.17, 15) is 5.11 Å². The van der Waals surface area contributed by atoms with E-state index >= 15 is 0 Å². The lowest BCUT2D eigenvalue weighted by Gasteiger charge is -2.32. The first-order valence-electron chi connectivity index (χ1n) is 7.50. The lowest BCUT2D eigenvalue weighted by atomic mass is 10.1. The summed E-state index contributed by atoms with van der Waals surface area (Å²) in [5.41, 5.74) is 0.800. The minimum Gasteiger partial charge on any atom is -0.497 e. The average Bonchev–Trinajstić information content (AvgIpc) is 2.49. The molecule has 1 atom stereocenters. The van der Waals surface area contributed by atoms with E-state index in [1.54, 1.807) is 14.0 Å². The average molecular weight is 294 g/mol. The first-order valence-corrected chi connectivity index (χ1v) is 7.50. The molecule has 5 heteroatoms. The summed E-state index contributed by atoms with van der Waals surface area (Å²) in [5, 5.41) is 9.81. The number of aliphatic hydroxyl groups excluding tert-OH is 1. The Kier molecular flexibility index (Phi) is 5.85. The summed E-state index contributed by atoms with van der Waals surface area (Å²) in [6.45, 7) is 7.66. The Morgan fingerprint density at radius 2 is 1.95 bits per heavy atom. The molecule has 0 saturated carbocycles. The summed E-state index contributed by atoms with van der Waals surface area (Å²) in [6.07, 6.45) is -0.547. The maximum absolute atomic E-state index is 9.81. The number of nitrogens with zero attached hydrogens (tertiary/aromatic N) is 2. The zero-order chi connectivity index (χ0) is 15.2. The zero-order valence-electron chi connectivity index (χ0n) is 13.2. The Bertz CT molecular complexity index is 443. The number of benzene rings is 1. The van der Waals surface area contributed by atoms with Crippen LogP contribution in [0.15, 0.2) is 18.2 Å². The molecule has 118 valence electrons. The molecule has 1 fully saturated rings. The highest BCUT2D eigenvalue weighted by Gasteiger charge is 2.14. The van der Waals surface area contributed by atoms with E-state index in [0.29, 0.717) is 12.4 Å². The van der Waals surface area contributed by atoms with Crippen LogP contribution in [0.2, 0.25) is 0 Å². The Labute approximate surface area is 127 Å². The second-order valence-corrected chi connectivity index (χ2v) is 5.57. The molecule has 0 spiro atoms. The number of rotatable bonds is 6. The van der Waals surface area contributed by atoms with Gasteiger partial charge in [-0.05, 0) is 26.1 Å². The second kappa shape index (κ2) is 7.64. The van der Waals surface area contributed by atoms with Crippen LogP contribution in [0, 0.1) is 0 Å². The molecule has 0 radical (unpaired) electrons. The number of piperazine rings is 1. The molecule has 1 aromatic carbocycles. The highest BCUT2D eigenvalue weighted by atomic mass is 16.5. The number of methoxy groups -OCH3 is 1. The van der Waals surface area contributed by atoms with Crippen molar-refractivity contribution in [3.63, 3.8) is 0 Å². The molecule has 5 nitrogen and oxygen atoms in total. The molecule has 2 rings (SSSR count). The van der Waals surface area contributed by atoms with Gasteiger partial charge in [0.05, 0.1) is 13.2 Å². The van der Waals surface area contributed by atoms with Crippen molar-refractivity contribution >= 4 is 0 Å². The fourth-order valence-electron chi connectivity index (χ4n) is 2.47. The molecule has 1 saturated heterocycles. The lowest BCUT2D eigenvalue weighted by Crippen LogP contribution is -2.45. The van der Waals surface area contributed by atoms with E-state index in [4.69, 9.17) is 9.47 Å². The van der Waals surface area contributed by atoms with Crippen molar-refractivity contribution in [1.29, 1.82) is 0 Å². The fraction of sp³-hybridized carbons (Fsp3) is 0.625. The van der Waals surface area contributed by atoms with E-state index in [2.05, 4.69) is 16.8 Å². The first kappa shape index (κ1) is 16.1. The zero-order valence-corrected chi connectivity index (χ0v) is 13.2. The minimum absolute atomic E-state index is 0.547. The van der Waals surface area contributed by atoms with Crippen LogP contribution in [0.3, 0.4) is 0 Å². The van der Waals surface area contributed by atoms with Crippen molar-refractivity contribution in [3.05, 3.63) is 23.8 Å². The van der Waals surface area contributed by atoms with Crippen LogP contribution in [-0.2, 0) is 0 Å². The van der Waals surface area contributed by atoms with Crippen molar-refractivity contribution in [1.82, 2.24) is 9.80 Å². The van der Waals surface area contributed by atoms with E-state index in [0.717, 1.165) is 44.0 Å². The van der Waals surface area contributed by atoms with Gasteiger partial charge in [0.15, 0.2) is 0 Å². The molecule has 0 aromatic heterocycles. The van der Waals surface area contributed by atoms with Gasteiger partial charge < -0.3 is 19.5 Å². The molecular formula is C16H26N2O3. The quantitative estimate of drug-likeness (QED) is 0.858. The highest BCUT2D eigenvalue weighted by molar-refractivity contribution is 5.41. The third kappa shape index (κ3) is 4.59. The fourth-order valence-corrected chi connectivity index (χ4v) is 2.47. The Hall–Kier alpha value is -1.30. The predicted molar refractivity (Wildman–Crippen MR) is 83.1 cm³/mol. The number of aliphatic hydroxyl groups is 1. The molecule has 1 unspecified atom stereocenters. The van der Waals surface area contributed by atoms with Crippen molar-refractivity contribution < 1.29 is 14.6 Å².